The van der Waals surface area contributed by atoms with Gasteiger partial charge in [-0.3, -0.25) is 14.4 Å². The zero-order chi connectivity index (χ0) is 27.8. The van der Waals surface area contributed by atoms with Crippen LogP contribution in [0, 0.1) is 0 Å². The summed E-state index contributed by atoms with van der Waals surface area (Å²) in [4.78, 5) is 56.1. The largest absolute Gasteiger partial charge is 0.481 e. The van der Waals surface area contributed by atoms with Crippen LogP contribution in [-0.4, -0.2) is 56.5 Å². The number of ether oxygens (including phenoxy) is 1. The lowest BCUT2D eigenvalue weighted by atomic mass is 9.73. The van der Waals surface area contributed by atoms with Crippen molar-refractivity contribution >= 4 is 45.5 Å². The van der Waals surface area contributed by atoms with Crippen molar-refractivity contribution < 1.29 is 34.1 Å². The lowest BCUT2D eigenvalue weighted by Gasteiger charge is -2.32. The molecule has 0 radical (unpaired) electrons. The quantitative estimate of drug-likeness (QED) is 0.156. The predicted molar refractivity (Wildman–Crippen MR) is 140 cm³/mol. The van der Waals surface area contributed by atoms with E-state index < -0.39 is 47.5 Å². The van der Waals surface area contributed by atoms with E-state index in [1.165, 1.54) is 7.11 Å². The third-order valence-corrected chi connectivity index (χ3v) is 7.25. The van der Waals surface area contributed by atoms with Crippen molar-refractivity contribution in [2.75, 3.05) is 7.11 Å². The maximum Gasteiger partial charge on any atom is 0.332 e. The van der Waals surface area contributed by atoms with Crippen molar-refractivity contribution in [1.29, 1.82) is 0 Å². The molecule has 6 N–H and O–H groups in total. The number of carbonyl (C=O) groups is 4. The number of para-hydroxylation sites is 2. The number of rotatable bonds is 10. The van der Waals surface area contributed by atoms with Gasteiger partial charge in [-0.05, 0) is 30.2 Å². The average molecular weight is 520 g/mol. The highest BCUT2D eigenvalue weighted by Gasteiger charge is 2.50. The Labute approximate surface area is 217 Å². The SMILES string of the molecule is COC(=O)Cc1c(C(C)c2[nH]c3ccccc3c2C(CC(=O)O)[C@@](N)(C(C)=O)C(=O)O)[nH]c2ccccc12. The number of aromatic nitrogens is 2. The summed E-state index contributed by atoms with van der Waals surface area (Å²) >= 11 is 0. The van der Waals surface area contributed by atoms with Gasteiger partial charge in [-0.2, -0.15) is 0 Å². The van der Waals surface area contributed by atoms with Crippen LogP contribution in [0.4, 0.5) is 0 Å². The molecule has 4 aromatic rings. The summed E-state index contributed by atoms with van der Waals surface area (Å²) < 4.78 is 4.92. The van der Waals surface area contributed by atoms with Crippen LogP contribution in [0.5, 0.6) is 0 Å². The Kier molecular flexibility index (Phi) is 7.10. The highest BCUT2D eigenvalue weighted by molar-refractivity contribution is 6.09. The molecule has 4 rings (SSSR count). The van der Waals surface area contributed by atoms with Crippen molar-refractivity contribution in [2.24, 2.45) is 5.73 Å². The van der Waals surface area contributed by atoms with Crippen LogP contribution in [0.1, 0.15) is 54.6 Å². The first-order valence-corrected chi connectivity index (χ1v) is 12.0. The maximum absolute atomic E-state index is 12.7. The van der Waals surface area contributed by atoms with Gasteiger partial charge in [-0.15, -0.1) is 0 Å². The number of hydrogen-bond donors (Lipinski definition) is 5. The zero-order valence-corrected chi connectivity index (χ0v) is 21.2. The maximum atomic E-state index is 12.7. The van der Waals surface area contributed by atoms with E-state index in [1.54, 1.807) is 24.3 Å². The van der Waals surface area contributed by atoms with Gasteiger partial charge in [0.05, 0.1) is 20.0 Å². The van der Waals surface area contributed by atoms with E-state index in [4.69, 9.17) is 10.5 Å². The number of nitrogens with one attached hydrogen (secondary N) is 2. The van der Waals surface area contributed by atoms with E-state index in [9.17, 15) is 29.4 Å². The summed E-state index contributed by atoms with van der Waals surface area (Å²) in [7, 11) is 1.31. The number of Topliss-reactive ketones (excluding diaryl/α,β-unsaturated/α-hetero) is 1. The summed E-state index contributed by atoms with van der Waals surface area (Å²) in [5.74, 6) is -6.11. The normalized spacial score (nSPS) is 14.6. The molecule has 0 amide bonds. The van der Waals surface area contributed by atoms with E-state index in [0.29, 0.717) is 33.4 Å². The molecule has 0 aliphatic heterocycles. The number of aliphatic carboxylic acids is 2. The summed E-state index contributed by atoms with van der Waals surface area (Å²) in [5.41, 5.74) is 7.36. The Bertz CT molecular complexity index is 1550. The topological polar surface area (TPSA) is 176 Å². The molecular formula is C28H29N3O7. The highest BCUT2D eigenvalue weighted by Crippen LogP contribution is 2.43. The number of nitrogens with two attached hydrogens (primary N) is 1. The molecule has 0 fully saturated rings. The number of aromatic amines is 2. The Hall–Kier alpha value is -4.44. The van der Waals surface area contributed by atoms with E-state index in [-0.39, 0.29) is 6.42 Å². The fourth-order valence-corrected chi connectivity index (χ4v) is 5.25. The third-order valence-electron chi connectivity index (χ3n) is 7.25. The second kappa shape index (κ2) is 10.1. The lowest BCUT2D eigenvalue weighted by Crippen LogP contribution is -2.59. The molecule has 2 aromatic carbocycles. The highest BCUT2D eigenvalue weighted by atomic mass is 16.5. The van der Waals surface area contributed by atoms with Crippen molar-refractivity contribution in [3.05, 3.63) is 71.0 Å². The summed E-state index contributed by atoms with van der Waals surface area (Å²) in [6.07, 6.45) is -0.705. The van der Waals surface area contributed by atoms with Crippen LogP contribution >= 0.6 is 0 Å². The van der Waals surface area contributed by atoms with Gasteiger partial charge in [0.1, 0.15) is 0 Å². The molecule has 38 heavy (non-hydrogen) atoms. The smallest absolute Gasteiger partial charge is 0.332 e. The second-order valence-electron chi connectivity index (χ2n) is 9.42. The number of benzene rings is 2. The minimum atomic E-state index is -2.49. The Morgan fingerprint density at radius 2 is 1.50 bits per heavy atom. The second-order valence-corrected chi connectivity index (χ2v) is 9.42. The molecule has 0 aliphatic carbocycles. The number of H-pyrrole nitrogens is 2. The van der Waals surface area contributed by atoms with Crippen LogP contribution < -0.4 is 5.73 Å². The fraction of sp³-hybridized carbons (Fsp3) is 0.286. The lowest BCUT2D eigenvalue weighted by molar-refractivity contribution is -0.149. The molecule has 10 nitrogen and oxygen atoms in total. The van der Waals surface area contributed by atoms with Gasteiger partial charge in [-0.25, -0.2) is 4.79 Å². The van der Waals surface area contributed by atoms with Gasteiger partial charge in [0, 0.05) is 45.0 Å². The predicted octanol–water partition coefficient (Wildman–Crippen LogP) is 3.45. The molecule has 10 heteroatoms. The molecule has 0 saturated carbocycles. The van der Waals surface area contributed by atoms with Gasteiger partial charge in [-0.1, -0.05) is 43.3 Å². The van der Waals surface area contributed by atoms with E-state index in [2.05, 4.69) is 9.97 Å². The van der Waals surface area contributed by atoms with Gasteiger partial charge in [0.25, 0.3) is 0 Å². The molecule has 3 atom stereocenters. The standard InChI is InChI=1S/C28H29N3O7/c1-14(25-18(12-23(35)38-3)16-8-4-6-10-20(16)30-25)26-24(17-9-5-7-11-21(17)31-26)19(13-22(33)34)28(29,15(2)32)27(36)37/h4-11,14,19,30-31H,12-13,29H2,1-3H3,(H,33,34)(H,36,37)/t14?,19?,28-/m0/s1. The van der Waals surface area contributed by atoms with Crippen LogP contribution in [0.2, 0.25) is 0 Å². The van der Waals surface area contributed by atoms with Crippen LogP contribution in [0.15, 0.2) is 48.5 Å². The van der Waals surface area contributed by atoms with Crippen molar-refractivity contribution in [3.8, 4) is 0 Å². The number of hydrogen-bond acceptors (Lipinski definition) is 6. The average Bonchev–Trinajstić information content (AvgIpc) is 3.44. The molecule has 2 unspecified atom stereocenters. The van der Waals surface area contributed by atoms with Crippen LogP contribution in [-0.2, 0) is 30.3 Å². The number of ketones is 1. The molecular weight excluding hydrogens is 490 g/mol. The van der Waals surface area contributed by atoms with E-state index in [0.717, 1.165) is 17.8 Å². The van der Waals surface area contributed by atoms with E-state index >= 15 is 0 Å². The van der Waals surface area contributed by atoms with Crippen molar-refractivity contribution in [1.82, 2.24) is 9.97 Å². The summed E-state index contributed by atoms with van der Waals surface area (Å²) in [6, 6.07) is 14.5. The molecule has 0 aliphatic rings. The Morgan fingerprint density at radius 3 is 2.05 bits per heavy atom. The Morgan fingerprint density at radius 1 is 0.947 bits per heavy atom. The van der Waals surface area contributed by atoms with Gasteiger partial charge < -0.3 is 30.7 Å². The first-order valence-electron chi connectivity index (χ1n) is 12.0. The van der Waals surface area contributed by atoms with Crippen LogP contribution in [0.25, 0.3) is 21.8 Å². The molecule has 0 saturated heterocycles. The molecule has 2 aromatic heterocycles. The molecule has 0 spiro atoms. The first-order chi connectivity index (χ1) is 18.0. The first kappa shape index (κ1) is 26.6. The number of methoxy groups -OCH3 is 1. The molecule has 2 heterocycles. The minimum absolute atomic E-state index is 0.0162. The molecule has 198 valence electrons. The summed E-state index contributed by atoms with van der Waals surface area (Å²) in [5, 5.41) is 21.2. The van der Waals surface area contributed by atoms with Gasteiger partial charge in [0.15, 0.2) is 11.3 Å². The van der Waals surface area contributed by atoms with Gasteiger partial charge in [0.2, 0.25) is 0 Å². The van der Waals surface area contributed by atoms with Crippen LogP contribution in [0.3, 0.4) is 0 Å². The number of esters is 1. The van der Waals surface area contributed by atoms with E-state index in [1.807, 2.05) is 31.2 Å². The summed E-state index contributed by atoms with van der Waals surface area (Å²) in [6.45, 7) is 2.90. The Balaban J connectivity index is 2.02. The zero-order valence-electron chi connectivity index (χ0n) is 21.2. The third kappa shape index (κ3) is 4.43. The van der Waals surface area contributed by atoms with Crippen molar-refractivity contribution in [3.63, 3.8) is 0 Å². The van der Waals surface area contributed by atoms with Gasteiger partial charge >= 0.3 is 17.9 Å². The monoisotopic (exact) mass is 519 g/mol. The number of carbonyl (C=O) groups excluding carboxylic acids is 2. The molecule has 0 bridgehead atoms. The number of fused-ring (bicyclic) bond motifs is 2. The minimum Gasteiger partial charge on any atom is -0.481 e. The number of carboxylic acid groups (broad SMARTS) is 2. The number of carboxylic acids is 2. The van der Waals surface area contributed by atoms with Crippen molar-refractivity contribution in [2.45, 2.75) is 44.1 Å². The fourth-order valence-electron chi connectivity index (χ4n) is 5.25.